The molecule has 1 aromatic carbocycles. The third-order valence-electron chi connectivity index (χ3n) is 10.5. The topological polar surface area (TPSA) is 64.7 Å². The highest BCUT2D eigenvalue weighted by atomic mass is 16.7. The number of aliphatic hydroxyl groups excluding tert-OH is 1. The number of hydrogen-bond acceptors (Lipinski definition) is 4. The highest BCUT2D eigenvalue weighted by Crippen LogP contribution is 2.65. The Kier molecular flexibility index (Phi) is 8.01. The van der Waals surface area contributed by atoms with Gasteiger partial charge in [0, 0.05) is 30.7 Å². The monoisotopic (exact) mass is 521 g/mol. The molecule has 210 valence electrons. The van der Waals surface area contributed by atoms with Gasteiger partial charge in [0.05, 0.1) is 19.3 Å². The van der Waals surface area contributed by atoms with Crippen LogP contribution < -0.4 is 5.73 Å². The lowest BCUT2D eigenvalue weighted by molar-refractivity contribution is -0.312. The third-order valence-corrected chi connectivity index (χ3v) is 10.5. The van der Waals surface area contributed by atoms with Gasteiger partial charge in [-0.15, -0.1) is 0 Å². The van der Waals surface area contributed by atoms with E-state index in [4.69, 9.17) is 15.2 Å². The standard InChI is InChI=1S/C32H45NO3.C2H6/c1-30(2)19-35-32(36-20-30)15-14-24-23(17-32)10-11-25-27-12-13-28(34)31(27,3)18-26(29(24)25)22-8-6-21(7-9-22)5-4-16-33;1-2/h4-9,23,25-28,34H,10-20,33H2,1-3H3;1-2H3/b5-4+;. The van der Waals surface area contributed by atoms with E-state index < -0.39 is 0 Å². The molecular weight excluding hydrogens is 470 g/mol. The lowest BCUT2D eigenvalue weighted by atomic mass is 9.52. The van der Waals surface area contributed by atoms with Crippen LogP contribution >= 0.6 is 0 Å². The van der Waals surface area contributed by atoms with E-state index in [0.717, 1.165) is 45.3 Å². The van der Waals surface area contributed by atoms with E-state index in [1.165, 1.54) is 30.4 Å². The number of hydrogen-bond donors (Lipinski definition) is 2. The van der Waals surface area contributed by atoms with Crippen LogP contribution in [-0.4, -0.2) is 36.8 Å². The zero-order valence-electron chi connectivity index (χ0n) is 24.5. The van der Waals surface area contributed by atoms with Crippen molar-refractivity contribution in [2.45, 2.75) is 104 Å². The molecule has 5 aliphatic rings. The molecule has 6 rings (SSSR count). The van der Waals surface area contributed by atoms with Gasteiger partial charge in [-0.05, 0) is 72.8 Å². The molecule has 4 fully saturated rings. The van der Waals surface area contributed by atoms with E-state index in [9.17, 15) is 5.11 Å². The van der Waals surface area contributed by atoms with Crippen LogP contribution in [0.2, 0.25) is 0 Å². The molecule has 1 aromatic rings. The van der Waals surface area contributed by atoms with Gasteiger partial charge in [0.25, 0.3) is 0 Å². The number of aliphatic hydroxyl groups is 1. The maximum absolute atomic E-state index is 11.2. The molecular formula is C34H51NO3. The van der Waals surface area contributed by atoms with E-state index in [0.29, 0.717) is 30.2 Å². The van der Waals surface area contributed by atoms with Gasteiger partial charge in [0.2, 0.25) is 0 Å². The SMILES string of the molecule is CC.CC1(C)COC2(CCC3=C4C(c5ccc(/C=C/CN)cc5)CC5(C)C(O)CCC5C4CCC3C2)OC1. The quantitative estimate of drug-likeness (QED) is 0.412. The number of allylic oxidation sites excluding steroid dienone is 2. The summed E-state index contributed by atoms with van der Waals surface area (Å²) in [5.41, 5.74) is 11.9. The van der Waals surface area contributed by atoms with Crippen LogP contribution in [0.25, 0.3) is 6.08 Å². The first-order valence-corrected chi connectivity index (χ1v) is 15.4. The summed E-state index contributed by atoms with van der Waals surface area (Å²) in [4.78, 5) is 0. The summed E-state index contributed by atoms with van der Waals surface area (Å²) in [5, 5.41) is 11.2. The van der Waals surface area contributed by atoms with Gasteiger partial charge in [-0.25, -0.2) is 0 Å². The molecule has 4 nitrogen and oxygen atoms in total. The minimum Gasteiger partial charge on any atom is -0.393 e. The molecule has 1 saturated heterocycles. The molecule has 4 heteroatoms. The number of benzene rings is 1. The highest BCUT2D eigenvalue weighted by Gasteiger charge is 2.57. The highest BCUT2D eigenvalue weighted by molar-refractivity contribution is 5.51. The largest absolute Gasteiger partial charge is 0.393 e. The molecule has 6 unspecified atom stereocenters. The van der Waals surface area contributed by atoms with Gasteiger partial charge >= 0.3 is 0 Å². The van der Waals surface area contributed by atoms with E-state index in [-0.39, 0.29) is 22.7 Å². The first-order valence-electron chi connectivity index (χ1n) is 15.4. The van der Waals surface area contributed by atoms with Crippen molar-refractivity contribution in [3.63, 3.8) is 0 Å². The van der Waals surface area contributed by atoms with Gasteiger partial charge in [-0.1, -0.05) is 82.2 Å². The lowest BCUT2D eigenvalue weighted by Crippen LogP contribution is -2.52. The molecule has 3 N–H and O–H groups in total. The second-order valence-corrected chi connectivity index (χ2v) is 13.5. The first-order chi connectivity index (χ1) is 18.2. The molecule has 0 radical (unpaired) electrons. The van der Waals surface area contributed by atoms with Crippen molar-refractivity contribution in [1.29, 1.82) is 0 Å². The van der Waals surface area contributed by atoms with Gasteiger partial charge in [0.1, 0.15) is 0 Å². The van der Waals surface area contributed by atoms with Crippen LogP contribution in [0.5, 0.6) is 0 Å². The second-order valence-electron chi connectivity index (χ2n) is 13.5. The Hall–Kier alpha value is -1.46. The first kappa shape index (κ1) is 28.1. The normalized spacial score (nSPS) is 37.3. The molecule has 0 aromatic heterocycles. The Labute approximate surface area is 231 Å². The van der Waals surface area contributed by atoms with Crippen LogP contribution in [0.15, 0.2) is 41.5 Å². The predicted octanol–water partition coefficient (Wildman–Crippen LogP) is 7.23. The Morgan fingerprint density at radius 1 is 0.974 bits per heavy atom. The van der Waals surface area contributed by atoms with Crippen molar-refractivity contribution < 1.29 is 14.6 Å². The molecule has 6 atom stereocenters. The average molecular weight is 522 g/mol. The Morgan fingerprint density at radius 3 is 2.37 bits per heavy atom. The van der Waals surface area contributed by atoms with Gasteiger partial charge < -0.3 is 20.3 Å². The zero-order valence-corrected chi connectivity index (χ0v) is 24.5. The van der Waals surface area contributed by atoms with Crippen molar-refractivity contribution in [3.8, 4) is 0 Å². The molecule has 1 spiro atoms. The minimum atomic E-state index is -0.379. The van der Waals surface area contributed by atoms with Crippen molar-refractivity contribution in [1.82, 2.24) is 0 Å². The summed E-state index contributed by atoms with van der Waals surface area (Å²) < 4.78 is 12.9. The zero-order chi connectivity index (χ0) is 27.1. The Morgan fingerprint density at radius 2 is 1.68 bits per heavy atom. The van der Waals surface area contributed by atoms with Crippen molar-refractivity contribution >= 4 is 6.08 Å². The fraction of sp³-hybridized carbons (Fsp3) is 0.706. The van der Waals surface area contributed by atoms with E-state index in [1.54, 1.807) is 11.1 Å². The molecule has 38 heavy (non-hydrogen) atoms. The van der Waals surface area contributed by atoms with Gasteiger partial charge in [-0.3, -0.25) is 0 Å². The van der Waals surface area contributed by atoms with Crippen molar-refractivity contribution in [2.75, 3.05) is 19.8 Å². The lowest BCUT2D eigenvalue weighted by Gasteiger charge is -2.55. The molecule has 1 aliphatic heterocycles. The predicted molar refractivity (Wildman–Crippen MR) is 156 cm³/mol. The Balaban J connectivity index is 0.00000144. The summed E-state index contributed by atoms with van der Waals surface area (Å²) in [6, 6.07) is 9.14. The van der Waals surface area contributed by atoms with Crippen molar-refractivity contribution in [3.05, 3.63) is 52.6 Å². The molecule has 1 heterocycles. The van der Waals surface area contributed by atoms with Crippen LogP contribution in [0.1, 0.15) is 103 Å². The van der Waals surface area contributed by atoms with E-state index in [2.05, 4.69) is 51.1 Å². The number of nitrogens with two attached hydrogens (primary N) is 1. The average Bonchev–Trinajstić information content (AvgIpc) is 3.24. The molecule has 0 bridgehead atoms. The van der Waals surface area contributed by atoms with E-state index >= 15 is 0 Å². The summed E-state index contributed by atoms with van der Waals surface area (Å²) in [6.07, 6.45) is 12.7. The maximum atomic E-state index is 11.2. The number of rotatable bonds is 3. The minimum absolute atomic E-state index is 0.0153. The van der Waals surface area contributed by atoms with Crippen LogP contribution in [0, 0.1) is 28.6 Å². The van der Waals surface area contributed by atoms with Crippen LogP contribution in [0.4, 0.5) is 0 Å². The van der Waals surface area contributed by atoms with Crippen LogP contribution in [-0.2, 0) is 9.47 Å². The van der Waals surface area contributed by atoms with Gasteiger partial charge in [0.15, 0.2) is 5.79 Å². The summed E-state index contributed by atoms with van der Waals surface area (Å²) in [6.45, 7) is 13.0. The number of fused-ring (bicyclic) bond motifs is 4. The van der Waals surface area contributed by atoms with E-state index in [1.807, 2.05) is 19.9 Å². The summed E-state index contributed by atoms with van der Waals surface area (Å²) in [7, 11) is 0. The summed E-state index contributed by atoms with van der Waals surface area (Å²) in [5.74, 6) is 1.80. The second kappa shape index (κ2) is 10.8. The fourth-order valence-electron chi connectivity index (χ4n) is 8.54. The van der Waals surface area contributed by atoms with Gasteiger partial charge in [-0.2, -0.15) is 0 Å². The Bertz CT molecular complexity index is 1030. The molecule has 3 saturated carbocycles. The molecule has 4 aliphatic carbocycles. The fourth-order valence-corrected chi connectivity index (χ4v) is 8.54. The van der Waals surface area contributed by atoms with Crippen molar-refractivity contribution in [2.24, 2.45) is 34.3 Å². The smallest absolute Gasteiger partial charge is 0.169 e. The molecule has 0 amide bonds. The number of ether oxygens (including phenoxy) is 2. The van der Waals surface area contributed by atoms with Crippen LogP contribution in [0.3, 0.4) is 0 Å². The third kappa shape index (κ3) is 4.96. The summed E-state index contributed by atoms with van der Waals surface area (Å²) >= 11 is 0. The maximum Gasteiger partial charge on any atom is 0.169 e.